The third-order valence-electron chi connectivity index (χ3n) is 2.97. The standard InChI is InChI=1S/C15H21FN2/c1-12-9-13(5-6-14(12)16)7-8-18(4)11-15(2,3)10-17/h5-6,9H,7-8,11H2,1-4H3. The highest BCUT2D eigenvalue weighted by Gasteiger charge is 2.18. The Morgan fingerprint density at radius 3 is 2.61 bits per heavy atom. The van der Waals surface area contributed by atoms with Gasteiger partial charge in [-0.25, -0.2) is 4.39 Å². The van der Waals surface area contributed by atoms with Gasteiger partial charge in [-0.3, -0.25) is 0 Å². The quantitative estimate of drug-likeness (QED) is 0.800. The lowest BCUT2D eigenvalue weighted by atomic mass is 9.95. The van der Waals surface area contributed by atoms with E-state index in [-0.39, 0.29) is 11.2 Å². The van der Waals surface area contributed by atoms with Crippen molar-refractivity contribution in [2.24, 2.45) is 5.41 Å². The van der Waals surface area contributed by atoms with Crippen LogP contribution in [0.3, 0.4) is 0 Å². The summed E-state index contributed by atoms with van der Waals surface area (Å²) in [5, 5.41) is 8.98. The van der Waals surface area contributed by atoms with E-state index in [1.165, 1.54) is 6.07 Å². The van der Waals surface area contributed by atoms with Crippen LogP contribution >= 0.6 is 0 Å². The lowest BCUT2D eigenvalue weighted by Crippen LogP contribution is -2.31. The Balaban J connectivity index is 2.50. The third-order valence-corrected chi connectivity index (χ3v) is 2.97. The minimum absolute atomic E-state index is 0.155. The lowest BCUT2D eigenvalue weighted by molar-refractivity contribution is 0.258. The molecule has 0 saturated carbocycles. The Morgan fingerprint density at radius 1 is 1.39 bits per heavy atom. The first kappa shape index (κ1) is 14.7. The molecule has 0 saturated heterocycles. The molecule has 0 unspecified atom stereocenters. The van der Waals surface area contributed by atoms with Gasteiger partial charge in [-0.05, 0) is 51.4 Å². The molecule has 3 heteroatoms. The maximum absolute atomic E-state index is 13.1. The second-order valence-electron chi connectivity index (χ2n) is 5.57. The van der Waals surface area contributed by atoms with Gasteiger partial charge in [0, 0.05) is 13.1 Å². The van der Waals surface area contributed by atoms with E-state index in [9.17, 15) is 4.39 Å². The molecule has 0 atom stereocenters. The first-order chi connectivity index (χ1) is 8.34. The van der Waals surface area contributed by atoms with E-state index >= 15 is 0 Å². The van der Waals surface area contributed by atoms with Gasteiger partial charge in [0.2, 0.25) is 0 Å². The van der Waals surface area contributed by atoms with E-state index in [1.807, 2.05) is 33.0 Å². The Kier molecular flexibility index (Phi) is 4.86. The molecular weight excluding hydrogens is 227 g/mol. The first-order valence-electron chi connectivity index (χ1n) is 6.19. The minimum Gasteiger partial charge on any atom is -0.304 e. The highest BCUT2D eigenvalue weighted by molar-refractivity contribution is 5.24. The van der Waals surface area contributed by atoms with Crippen molar-refractivity contribution in [2.75, 3.05) is 20.1 Å². The van der Waals surface area contributed by atoms with Gasteiger partial charge in [0.25, 0.3) is 0 Å². The van der Waals surface area contributed by atoms with E-state index in [1.54, 1.807) is 6.92 Å². The fraction of sp³-hybridized carbons (Fsp3) is 0.533. The van der Waals surface area contributed by atoms with Crippen molar-refractivity contribution < 1.29 is 4.39 Å². The van der Waals surface area contributed by atoms with E-state index in [4.69, 9.17) is 5.26 Å². The summed E-state index contributed by atoms with van der Waals surface area (Å²) in [4.78, 5) is 2.14. The van der Waals surface area contributed by atoms with Crippen LogP contribution in [0.4, 0.5) is 4.39 Å². The van der Waals surface area contributed by atoms with Crippen LogP contribution in [0, 0.1) is 29.5 Å². The number of aryl methyl sites for hydroxylation is 1. The predicted octanol–water partition coefficient (Wildman–Crippen LogP) is 3.16. The van der Waals surface area contributed by atoms with Crippen molar-refractivity contribution in [2.45, 2.75) is 27.2 Å². The molecule has 0 aliphatic heterocycles. The molecule has 0 aromatic heterocycles. The monoisotopic (exact) mass is 248 g/mol. The smallest absolute Gasteiger partial charge is 0.126 e. The van der Waals surface area contributed by atoms with Crippen LogP contribution in [0.1, 0.15) is 25.0 Å². The van der Waals surface area contributed by atoms with Gasteiger partial charge in [-0.15, -0.1) is 0 Å². The van der Waals surface area contributed by atoms with Gasteiger partial charge in [-0.2, -0.15) is 5.26 Å². The molecule has 0 bridgehead atoms. The highest BCUT2D eigenvalue weighted by atomic mass is 19.1. The number of likely N-dealkylation sites (N-methyl/N-ethyl adjacent to an activating group) is 1. The van der Waals surface area contributed by atoms with Crippen molar-refractivity contribution in [3.8, 4) is 6.07 Å². The zero-order valence-electron chi connectivity index (χ0n) is 11.6. The summed E-state index contributed by atoms with van der Waals surface area (Å²) in [6, 6.07) is 7.53. The number of rotatable bonds is 5. The molecule has 1 aromatic rings. The second-order valence-corrected chi connectivity index (χ2v) is 5.57. The minimum atomic E-state index is -0.326. The van der Waals surface area contributed by atoms with Crippen LogP contribution in [0.5, 0.6) is 0 Å². The summed E-state index contributed by atoms with van der Waals surface area (Å²) in [7, 11) is 2.01. The average Bonchev–Trinajstić information content (AvgIpc) is 2.30. The van der Waals surface area contributed by atoms with Crippen molar-refractivity contribution in [1.29, 1.82) is 5.26 Å². The first-order valence-corrected chi connectivity index (χ1v) is 6.19. The van der Waals surface area contributed by atoms with Gasteiger partial charge in [0.05, 0.1) is 11.5 Å². The van der Waals surface area contributed by atoms with Gasteiger partial charge in [0.15, 0.2) is 0 Å². The average molecular weight is 248 g/mol. The van der Waals surface area contributed by atoms with E-state index in [0.717, 1.165) is 25.1 Å². The number of halogens is 1. The summed E-state index contributed by atoms with van der Waals surface area (Å²) in [6.07, 6.45) is 0.874. The Morgan fingerprint density at radius 2 is 2.06 bits per heavy atom. The molecule has 0 heterocycles. The van der Waals surface area contributed by atoms with Gasteiger partial charge >= 0.3 is 0 Å². The maximum atomic E-state index is 13.1. The SMILES string of the molecule is Cc1cc(CCN(C)CC(C)(C)C#N)ccc1F. The maximum Gasteiger partial charge on any atom is 0.126 e. The molecule has 0 radical (unpaired) electrons. The van der Waals surface area contributed by atoms with Gasteiger partial charge in [-0.1, -0.05) is 12.1 Å². The molecule has 0 aliphatic rings. The fourth-order valence-electron chi connectivity index (χ4n) is 1.97. The lowest BCUT2D eigenvalue weighted by Gasteiger charge is -2.24. The molecule has 0 spiro atoms. The molecular formula is C15H21FN2. The summed E-state index contributed by atoms with van der Waals surface area (Å²) in [5.41, 5.74) is 1.50. The zero-order valence-corrected chi connectivity index (χ0v) is 11.6. The second kappa shape index (κ2) is 5.97. The predicted molar refractivity (Wildman–Crippen MR) is 71.7 cm³/mol. The topological polar surface area (TPSA) is 27.0 Å². The third kappa shape index (κ3) is 4.46. The highest BCUT2D eigenvalue weighted by Crippen LogP contribution is 2.15. The molecule has 2 nitrogen and oxygen atoms in total. The van der Waals surface area contributed by atoms with E-state index in [2.05, 4.69) is 11.0 Å². The van der Waals surface area contributed by atoms with Crippen molar-refractivity contribution >= 4 is 0 Å². The number of hydrogen-bond acceptors (Lipinski definition) is 2. The largest absolute Gasteiger partial charge is 0.304 e. The number of nitriles is 1. The number of hydrogen-bond donors (Lipinski definition) is 0. The Labute approximate surface area is 109 Å². The number of nitrogens with zero attached hydrogens (tertiary/aromatic N) is 2. The van der Waals surface area contributed by atoms with Gasteiger partial charge < -0.3 is 4.90 Å². The Hall–Kier alpha value is -1.40. The van der Waals surface area contributed by atoms with Crippen LogP contribution in [0.15, 0.2) is 18.2 Å². The van der Waals surface area contributed by atoms with Crippen molar-refractivity contribution in [3.63, 3.8) is 0 Å². The summed E-state index contributed by atoms with van der Waals surface area (Å²) in [5.74, 6) is -0.155. The van der Waals surface area contributed by atoms with Crippen LogP contribution in [-0.2, 0) is 6.42 Å². The van der Waals surface area contributed by atoms with Crippen molar-refractivity contribution in [1.82, 2.24) is 4.90 Å². The number of benzene rings is 1. The van der Waals surface area contributed by atoms with Crippen LogP contribution < -0.4 is 0 Å². The van der Waals surface area contributed by atoms with E-state index in [0.29, 0.717) is 5.56 Å². The summed E-state index contributed by atoms with van der Waals surface area (Å²) in [6.45, 7) is 7.26. The van der Waals surface area contributed by atoms with Crippen LogP contribution in [0.25, 0.3) is 0 Å². The molecule has 0 amide bonds. The Bertz CT molecular complexity index is 446. The zero-order chi connectivity index (χ0) is 13.8. The van der Waals surface area contributed by atoms with Crippen LogP contribution in [0.2, 0.25) is 0 Å². The molecule has 0 fully saturated rings. The molecule has 0 N–H and O–H groups in total. The normalized spacial score (nSPS) is 11.6. The molecule has 0 aliphatic carbocycles. The molecule has 1 rings (SSSR count). The summed E-state index contributed by atoms with van der Waals surface area (Å²) < 4.78 is 13.1. The fourth-order valence-corrected chi connectivity index (χ4v) is 1.97. The molecule has 1 aromatic carbocycles. The van der Waals surface area contributed by atoms with Gasteiger partial charge in [0.1, 0.15) is 5.82 Å². The molecule has 98 valence electrons. The van der Waals surface area contributed by atoms with Crippen LogP contribution in [-0.4, -0.2) is 25.0 Å². The summed E-state index contributed by atoms with van der Waals surface area (Å²) >= 11 is 0. The molecule has 18 heavy (non-hydrogen) atoms. The van der Waals surface area contributed by atoms with Crippen molar-refractivity contribution in [3.05, 3.63) is 35.1 Å². The van der Waals surface area contributed by atoms with E-state index < -0.39 is 0 Å².